The Balaban J connectivity index is 1.92. The van der Waals surface area contributed by atoms with Crippen LogP contribution in [0.25, 0.3) is 10.9 Å². The Bertz CT molecular complexity index is 941. The van der Waals surface area contributed by atoms with Crippen LogP contribution in [0.3, 0.4) is 0 Å². The van der Waals surface area contributed by atoms with Gasteiger partial charge in [-0.05, 0) is 43.7 Å². The molecule has 7 heteroatoms. The van der Waals surface area contributed by atoms with E-state index >= 15 is 0 Å². The first-order chi connectivity index (χ1) is 13.1. The van der Waals surface area contributed by atoms with Crippen molar-refractivity contribution in [2.24, 2.45) is 5.73 Å². The van der Waals surface area contributed by atoms with Gasteiger partial charge in [-0.25, -0.2) is 9.97 Å². The van der Waals surface area contributed by atoms with Crippen LogP contribution in [0.2, 0.25) is 0 Å². The molecule has 0 saturated carbocycles. The first kappa shape index (κ1) is 18.6. The molecule has 0 saturated heterocycles. The average molecular weight is 365 g/mol. The van der Waals surface area contributed by atoms with E-state index in [2.05, 4.69) is 15.3 Å². The minimum Gasteiger partial charge on any atom is -0.493 e. The van der Waals surface area contributed by atoms with Crippen LogP contribution in [0.15, 0.2) is 42.7 Å². The zero-order valence-electron chi connectivity index (χ0n) is 15.5. The predicted molar refractivity (Wildman–Crippen MR) is 107 cm³/mol. The Morgan fingerprint density at radius 2 is 1.93 bits per heavy atom. The van der Waals surface area contributed by atoms with E-state index in [1.807, 2.05) is 36.4 Å². The summed E-state index contributed by atoms with van der Waals surface area (Å²) >= 11 is 0. The largest absolute Gasteiger partial charge is 0.493 e. The average Bonchev–Trinajstić information content (AvgIpc) is 2.68. The number of nitrogens with two attached hydrogens (primary N) is 1. The summed E-state index contributed by atoms with van der Waals surface area (Å²) in [6.07, 6.45) is 2.28. The highest BCUT2D eigenvalue weighted by Gasteiger charge is 2.12. The third kappa shape index (κ3) is 4.32. The summed E-state index contributed by atoms with van der Waals surface area (Å²) in [7, 11) is 1.60. The highest BCUT2D eigenvalue weighted by atomic mass is 16.5. The van der Waals surface area contributed by atoms with Crippen LogP contribution in [0.5, 0.6) is 11.5 Å². The van der Waals surface area contributed by atoms with Gasteiger partial charge in [0.15, 0.2) is 11.5 Å². The Morgan fingerprint density at radius 3 is 2.59 bits per heavy atom. The van der Waals surface area contributed by atoms with Gasteiger partial charge in [0.25, 0.3) is 0 Å². The SMILES string of the molecule is COc1cc2c(Nc3ccc(C(C)=N)cc3)ncnc2cc1OCCCN. The fourth-order valence-electron chi connectivity index (χ4n) is 2.64. The number of anilines is 2. The molecule has 0 amide bonds. The molecule has 140 valence electrons. The lowest BCUT2D eigenvalue weighted by Gasteiger charge is -2.13. The number of ether oxygens (including phenoxy) is 2. The van der Waals surface area contributed by atoms with E-state index in [-0.39, 0.29) is 0 Å². The summed E-state index contributed by atoms with van der Waals surface area (Å²) in [5.41, 5.74) is 8.56. The number of hydrogen-bond donors (Lipinski definition) is 3. The summed E-state index contributed by atoms with van der Waals surface area (Å²) in [4.78, 5) is 8.71. The normalized spacial score (nSPS) is 10.6. The summed E-state index contributed by atoms with van der Waals surface area (Å²) in [5.74, 6) is 1.92. The summed E-state index contributed by atoms with van der Waals surface area (Å²) in [5, 5.41) is 11.8. The minimum atomic E-state index is 0.521. The molecule has 0 aliphatic rings. The molecular formula is C20H23N5O2. The van der Waals surface area contributed by atoms with Crippen molar-refractivity contribution < 1.29 is 9.47 Å². The number of rotatable bonds is 8. The number of benzene rings is 2. The molecule has 2 aromatic carbocycles. The third-order valence-electron chi connectivity index (χ3n) is 4.11. The van der Waals surface area contributed by atoms with Gasteiger partial charge in [-0.2, -0.15) is 0 Å². The Morgan fingerprint density at radius 1 is 1.15 bits per heavy atom. The van der Waals surface area contributed by atoms with Crippen LogP contribution in [0.4, 0.5) is 11.5 Å². The van der Waals surface area contributed by atoms with Crippen molar-refractivity contribution in [1.82, 2.24) is 9.97 Å². The van der Waals surface area contributed by atoms with E-state index in [9.17, 15) is 0 Å². The highest BCUT2D eigenvalue weighted by Crippen LogP contribution is 2.34. The van der Waals surface area contributed by atoms with Crippen LogP contribution in [-0.4, -0.2) is 35.9 Å². The van der Waals surface area contributed by atoms with Crippen molar-refractivity contribution in [3.63, 3.8) is 0 Å². The molecule has 0 aliphatic heterocycles. The number of methoxy groups -OCH3 is 1. The lowest BCUT2D eigenvalue weighted by Crippen LogP contribution is -2.07. The maximum Gasteiger partial charge on any atom is 0.163 e. The van der Waals surface area contributed by atoms with Gasteiger partial charge in [0.2, 0.25) is 0 Å². The van der Waals surface area contributed by atoms with E-state index in [0.29, 0.717) is 36.2 Å². The summed E-state index contributed by atoms with van der Waals surface area (Å²) < 4.78 is 11.2. The van der Waals surface area contributed by atoms with Crippen LogP contribution in [-0.2, 0) is 0 Å². The molecule has 7 nitrogen and oxygen atoms in total. The number of nitrogens with zero attached hydrogens (tertiary/aromatic N) is 2. The van der Waals surface area contributed by atoms with Crippen molar-refractivity contribution >= 4 is 28.1 Å². The molecule has 1 heterocycles. The number of nitrogens with one attached hydrogen (secondary N) is 2. The molecule has 0 unspecified atom stereocenters. The second kappa shape index (κ2) is 8.46. The Labute approximate surface area is 158 Å². The highest BCUT2D eigenvalue weighted by molar-refractivity contribution is 5.97. The van der Waals surface area contributed by atoms with E-state index in [1.54, 1.807) is 14.0 Å². The molecule has 0 bridgehead atoms. The maximum absolute atomic E-state index is 7.69. The van der Waals surface area contributed by atoms with Gasteiger partial charge < -0.3 is 25.9 Å². The molecule has 27 heavy (non-hydrogen) atoms. The topological polar surface area (TPSA) is 106 Å². The fraction of sp³-hybridized carbons (Fsp3) is 0.250. The summed E-state index contributed by atoms with van der Waals surface area (Å²) in [6, 6.07) is 11.4. The molecule has 0 radical (unpaired) electrons. The molecule has 0 aliphatic carbocycles. The molecular weight excluding hydrogens is 342 g/mol. The van der Waals surface area contributed by atoms with Crippen molar-refractivity contribution in [3.05, 3.63) is 48.3 Å². The van der Waals surface area contributed by atoms with E-state index in [1.165, 1.54) is 6.33 Å². The van der Waals surface area contributed by atoms with Gasteiger partial charge in [0.1, 0.15) is 12.1 Å². The van der Waals surface area contributed by atoms with Gasteiger partial charge in [-0.15, -0.1) is 0 Å². The second-order valence-corrected chi connectivity index (χ2v) is 6.06. The van der Waals surface area contributed by atoms with Gasteiger partial charge >= 0.3 is 0 Å². The fourth-order valence-corrected chi connectivity index (χ4v) is 2.64. The zero-order chi connectivity index (χ0) is 19.2. The van der Waals surface area contributed by atoms with Gasteiger partial charge in [0.05, 0.1) is 19.2 Å². The maximum atomic E-state index is 7.69. The number of hydrogen-bond acceptors (Lipinski definition) is 7. The predicted octanol–water partition coefficient (Wildman–Crippen LogP) is 3.50. The smallest absolute Gasteiger partial charge is 0.163 e. The van der Waals surface area contributed by atoms with E-state index < -0.39 is 0 Å². The number of aromatic nitrogens is 2. The zero-order valence-corrected chi connectivity index (χ0v) is 15.5. The molecule has 0 spiro atoms. The molecule has 3 rings (SSSR count). The molecule has 4 N–H and O–H groups in total. The Hall–Kier alpha value is -3.19. The van der Waals surface area contributed by atoms with Gasteiger partial charge in [-0.3, -0.25) is 0 Å². The summed E-state index contributed by atoms with van der Waals surface area (Å²) in [6.45, 7) is 2.86. The van der Waals surface area contributed by atoms with Crippen LogP contribution < -0.4 is 20.5 Å². The second-order valence-electron chi connectivity index (χ2n) is 6.06. The molecule has 3 aromatic rings. The standard InChI is InChI=1S/C20H23N5O2/c1-13(22)14-4-6-15(7-5-14)25-20-16-10-18(26-2)19(27-9-3-8-21)11-17(16)23-12-24-20/h4-7,10-12,22H,3,8-9,21H2,1-2H3,(H,23,24,25). The molecule has 0 fully saturated rings. The van der Waals surface area contributed by atoms with E-state index in [0.717, 1.165) is 28.6 Å². The van der Waals surface area contributed by atoms with Crippen molar-refractivity contribution in [2.45, 2.75) is 13.3 Å². The lowest BCUT2D eigenvalue weighted by molar-refractivity contribution is 0.292. The van der Waals surface area contributed by atoms with Gasteiger partial charge in [-0.1, -0.05) is 12.1 Å². The van der Waals surface area contributed by atoms with Crippen molar-refractivity contribution in [2.75, 3.05) is 25.6 Å². The Kier molecular flexibility index (Phi) is 5.83. The first-order valence-electron chi connectivity index (χ1n) is 8.70. The van der Waals surface area contributed by atoms with Gasteiger partial charge in [0, 0.05) is 22.9 Å². The lowest BCUT2D eigenvalue weighted by atomic mass is 10.1. The first-order valence-corrected chi connectivity index (χ1v) is 8.70. The number of fused-ring (bicyclic) bond motifs is 1. The van der Waals surface area contributed by atoms with Crippen LogP contribution in [0, 0.1) is 5.41 Å². The molecule has 1 aromatic heterocycles. The van der Waals surface area contributed by atoms with Crippen molar-refractivity contribution in [1.29, 1.82) is 5.41 Å². The monoisotopic (exact) mass is 365 g/mol. The quantitative estimate of drug-likeness (QED) is 0.417. The van der Waals surface area contributed by atoms with Crippen LogP contribution >= 0.6 is 0 Å². The van der Waals surface area contributed by atoms with E-state index in [4.69, 9.17) is 20.6 Å². The third-order valence-corrected chi connectivity index (χ3v) is 4.11. The van der Waals surface area contributed by atoms with Crippen LogP contribution in [0.1, 0.15) is 18.9 Å². The minimum absolute atomic E-state index is 0.521. The molecule has 0 atom stereocenters. The van der Waals surface area contributed by atoms with Crippen molar-refractivity contribution in [3.8, 4) is 11.5 Å².